The maximum absolute atomic E-state index is 13.1. The van der Waals surface area contributed by atoms with Crippen LogP contribution in [0.15, 0.2) is 42.6 Å². The topological polar surface area (TPSA) is 80.8 Å². The Labute approximate surface area is 171 Å². The number of carbonyl (C=O) groups excluding carboxylic acids is 2. The van der Waals surface area contributed by atoms with Gasteiger partial charge in [0.05, 0.1) is 38.1 Å². The van der Waals surface area contributed by atoms with Crippen molar-refractivity contribution in [1.29, 1.82) is 0 Å². The fraction of sp³-hybridized carbons (Fsp3) is 0.409. The summed E-state index contributed by atoms with van der Waals surface area (Å²) < 4.78 is 10.3. The number of likely N-dealkylation sites (tertiary alicyclic amines) is 1. The standard InChI is InChI=1S/C22H27N3O4/c1-4-5-12-25-20(26)13-18(21(25)15-6-9-17(28-2)10-7-15)22(27)24-16-8-11-19(29-3)23-14-16/h6-11,14,18,21H,4-5,12-13H2,1-3H3,(H,24,27). The van der Waals surface area contributed by atoms with Crippen LogP contribution >= 0.6 is 0 Å². The summed E-state index contributed by atoms with van der Waals surface area (Å²) in [5.41, 5.74) is 1.50. The van der Waals surface area contributed by atoms with Gasteiger partial charge < -0.3 is 19.7 Å². The van der Waals surface area contributed by atoms with Crippen molar-refractivity contribution in [1.82, 2.24) is 9.88 Å². The number of benzene rings is 1. The normalized spacial score (nSPS) is 18.6. The molecule has 154 valence electrons. The molecule has 1 aromatic heterocycles. The lowest BCUT2D eigenvalue weighted by Crippen LogP contribution is -2.33. The maximum atomic E-state index is 13.1. The van der Waals surface area contributed by atoms with Gasteiger partial charge in [0.15, 0.2) is 0 Å². The number of rotatable bonds is 8. The summed E-state index contributed by atoms with van der Waals surface area (Å²) >= 11 is 0. The van der Waals surface area contributed by atoms with Crippen LogP contribution in [0.3, 0.4) is 0 Å². The molecular formula is C22H27N3O4. The molecule has 2 heterocycles. The Morgan fingerprint density at radius 2 is 1.93 bits per heavy atom. The van der Waals surface area contributed by atoms with Gasteiger partial charge >= 0.3 is 0 Å². The van der Waals surface area contributed by atoms with E-state index in [2.05, 4.69) is 17.2 Å². The summed E-state index contributed by atoms with van der Waals surface area (Å²) in [5, 5.41) is 2.89. The smallest absolute Gasteiger partial charge is 0.230 e. The van der Waals surface area contributed by atoms with Crippen molar-refractivity contribution in [2.24, 2.45) is 5.92 Å². The maximum Gasteiger partial charge on any atom is 0.230 e. The highest BCUT2D eigenvalue weighted by atomic mass is 16.5. The van der Waals surface area contributed by atoms with Gasteiger partial charge in [-0.25, -0.2) is 4.98 Å². The molecule has 0 radical (unpaired) electrons. The molecule has 1 fully saturated rings. The second-order valence-corrected chi connectivity index (χ2v) is 7.05. The molecule has 0 aliphatic carbocycles. The number of ether oxygens (including phenoxy) is 2. The summed E-state index contributed by atoms with van der Waals surface area (Å²) in [7, 11) is 3.15. The predicted octanol–water partition coefficient (Wildman–Crippen LogP) is 3.43. The largest absolute Gasteiger partial charge is 0.497 e. The second-order valence-electron chi connectivity index (χ2n) is 7.05. The molecule has 7 nitrogen and oxygen atoms in total. The monoisotopic (exact) mass is 397 g/mol. The van der Waals surface area contributed by atoms with E-state index < -0.39 is 5.92 Å². The van der Waals surface area contributed by atoms with Gasteiger partial charge in [-0.3, -0.25) is 9.59 Å². The quantitative estimate of drug-likeness (QED) is 0.738. The Morgan fingerprint density at radius 1 is 1.17 bits per heavy atom. The first-order chi connectivity index (χ1) is 14.1. The lowest BCUT2D eigenvalue weighted by molar-refractivity contribution is -0.129. The molecule has 2 unspecified atom stereocenters. The van der Waals surface area contributed by atoms with E-state index in [1.165, 1.54) is 7.11 Å². The molecular weight excluding hydrogens is 370 g/mol. The van der Waals surface area contributed by atoms with Crippen molar-refractivity contribution in [3.8, 4) is 11.6 Å². The lowest BCUT2D eigenvalue weighted by atomic mass is 9.92. The number of methoxy groups -OCH3 is 2. The number of anilines is 1. The molecule has 2 atom stereocenters. The van der Waals surface area contributed by atoms with Gasteiger partial charge in [0, 0.05) is 19.0 Å². The molecule has 29 heavy (non-hydrogen) atoms. The number of aromatic nitrogens is 1. The van der Waals surface area contributed by atoms with Crippen LogP contribution in [0.25, 0.3) is 0 Å². The van der Waals surface area contributed by atoms with Crippen molar-refractivity contribution in [3.05, 3.63) is 48.2 Å². The molecule has 3 rings (SSSR count). The third-order valence-electron chi connectivity index (χ3n) is 5.19. The number of nitrogens with zero attached hydrogens (tertiary/aromatic N) is 2. The molecule has 7 heteroatoms. The van der Waals surface area contributed by atoms with Crippen molar-refractivity contribution in [2.75, 3.05) is 26.1 Å². The first-order valence-corrected chi connectivity index (χ1v) is 9.81. The minimum Gasteiger partial charge on any atom is -0.497 e. The molecule has 1 N–H and O–H groups in total. The Bertz CT molecular complexity index is 836. The highest BCUT2D eigenvalue weighted by molar-refractivity contribution is 5.97. The number of hydrogen-bond donors (Lipinski definition) is 1. The van der Waals surface area contributed by atoms with Crippen molar-refractivity contribution >= 4 is 17.5 Å². The van der Waals surface area contributed by atoms with Crippen molar-refractivity contribution < 1.29 is 19.1 Å². The molecule has 1 saturated heterocycles. The SMILES string of the molecule is CCCCN1C(=O)CC(C(=O)Nc2ccc(OC)nc2)C1c1ccc(OC)cc1. The predicted molar refractivity (Wildman–Crippen MR) is 110 cm³/mol. The first kappa shape index (κ1) is 20.6. The van der Waals surface area contributed by atoms with Crippen LogP contribution in [-0.2, 0) is 9.59 Å². The van der Waals surface area contributed by atoms with Gasteiger partial charge in [-0.1, -0.05) is 25.5 Å². The van der Waals surface area contributed by atoms with Gasteiger partial charge in [0.2, 0.25) is 17.7 Å². The van der Waals surface area contributed by atoms with Gasteiger partial charge in [0.1, 0.15) is 5.75 Å². The zero-order valence-corrected chi connectivity index (χ0v) is 17.1. The van der Waals surface area contributed by atoms with Gasteiger partial charge in [-0.2, -0.15) is 0 Å². The number of hydrogen-bond acceptors (Lipinski definition) is 5. The van der Waals surface area contributed by atoms with Crippen LogP contribution in [0, 0.1) is 5.92 Å². The molecule has 0 bridgehead atoms. The van der Waals surface area contributed by atoms with E-state index in [1.54, 1.807) is 25.4 Å². The van der Waals surface area contributed by atoms with Crippen LogP contribution < -0.4 is 14.8 Å². The van der Waals surface area contributed by atoms with Gasteiger partial charge in [-0.15, -0.1) is 0 Å². The molecule has 1 aliphatic heterocycles. The van der Waals surface area contributed by atoms with Crippen molar-refractivity contribution in [3.63, 3.8) is 0 Å². The lowest BCUT2D eigenvalue weighted by Gasteiger charge is -2.28. The fourth-order valence-corrected chi connectivity index (χ4v) is 3.64. The summed E-state index contributed by atoms with van der Waals surface area (Å²) in [6.45, 7) is 2.73. The first-order valence-electron chi connectivity index (χ1n) is 9.81. The van der Waals surface area contributed by atoms with E-state index in [9.17, 15) is 9.59 Å². The Morgan fingerprint density at radius 3 is 2.52 bits per heavy atom. The van der Waals surface area contributed by atoms with Crippen LogP contribution in [0.2, 0.25) is 0 Å². The number of nitrogens with one attached hydrogen (secondary N) is 1. The van der Waals surface area contributed by atoms with E-state index >= 15 is 0 Å². The summed E-state index contributed by atoms with van der Waals surface area (Å²) in [4.78, 5) is 31.7. The number of carbonyl (C=O) groups is 2. The molecule has 0 saturated carbocycles. The van der Waals surface area contributed by atoms with E-state index in [-0.39, 0.29) is 24.3 Å². The third kappa shape index (κ3) is 4.67. The fourth-order valence-electron chi connectivity index (χ4n) is 3.64. The molecule has 2 amide bonds. The molecule has 2 aromatic rings. The summed E-state index contributed by atoms with van der Waals surface area (Å²) in [6.07, 6.45) is 3.61. The average molecular weight is 397 g/mol. The Kier molecular flexibility index (Phi) is 6.69. The van der Waals surface area contributed by atoms with Gasteiger partial charge in [-0.05, 0) is 30.2 Å². The van der Waals surface area contributed by atoms with Crippen LogP contribution in [0.5, 0.6) is 11.6 Å². The van der Waals surface area contributed by atoms with Crippen molar-refractivity contribution in [2.45, 2.75) is 32.2 Å². The number of amides is 2. The van der Waals surface area contributed by atoms with E-state index in [1.807, 2.05) is 29.2 Å². The third-order valence-corrected chi connectivity index (χ3v) is 5.19. The average Bonchev–Trinajstić information content (AvgIpc) is 3.09. The molecule has 1 aromatic carbocycles. The number of unbranched alkanes of at least 4 members (excludes halogenated alkanes) is 1. The minimum absolute atomic E-state index is 0.00674. The summed E-state index contributed by atoms with van der Waals surface area (Å²) in [6, 6.07) is 10.7. The zero-order chi connectivity index (χ0) is 20.8. The highest BCUT2D eigenvalue weighted by Gasteiger charge is 2.44. The Balaban J connectivity index is 1.84. The molecule has 1 aliphatic rings. The summed E-state index contributed by atoms with van der Waals surface area (Å²) in [5.74, 6) is 0.552. The van der Waals surface area contributed by atoms with Gasteiger partial charge in [0.25, 0.3) is 0 Å². The number of pyridine rings is 1. The zero-order valence-electron chi connectivity index (χ0n) is 17.1. The Hall–Kier alpha value is -3.09. The van der Waals surface area contributed by atoms with E-state index in [4.69, 9.17) is 9.47 Å². The van der Waals surface area contributed by atoms with E-state index in [0.717, 1.165) is 24.2 Å². The second kappa shape index (κ2) is 9.41. The van der Waals surface area contributed by atoms with E-state index in [0.29, 0.717) is 18.1 Å². The van der Waals surface area contributed by atoms with Crippen LogP contribution in [0.1, 0.15) is 37.8 Å². The highest BCUT2D eigenvalue weighted by Crippen LogP contribution is 2.39. The van der Waals surface area contributed by atoms with Crippen LogP contribution in [-0.4, -0.2) is 42.5 Å². The minimum atomic E-state index is -0.477. The van der Waals surface area contributed by atoms with Crippen LogP contribution in [0.4, 0.5) is 5.69 Å². The molecule has 0 spiro atoms.